The Bertz CT molecular complexity index is 715. The molecule has 7 nitrogen and oxygen atoms in total. The van der Waals surface area contributed by atoms with E-state index in [9.17, 15) is 14.9 Å². The summed E-state index contributed by atoms with van der Waals surface area (Å²) in [6.45, 7) is 1.63. The Hall–Kier alpha value is -2.83. The Kier molecular flexibility index (Phi) is 5.35. The molecule has 122 valence electrons. The molecule has 23 heavy (non-hydrogen) atoms. The summed E-state index contributed by atoms with van der Waals surface area (Å²) >= 11 is 0. The topological polar surface area (TPSA) is 87.9 Å². The molecule has 2 aromatic rings. The molecule has 0 heterocycles. The number of carbonyl (C=O) groups is 1. The van der Waals surface area contributed by atoms with Crippen LogP contribution in [0.15, 0.2) is 36.4 Å². The third-order valence-electron chi connectivity index (χ3n) is 3.26. The zero-order valence-corrected chi connectivity index (χ0v) is 12.9. The van der Waals surface area contributed by atoms with Gasteiger partial charge in [0.15, 0.2) is 0 Å². The van der Waals surface area contributed by atoms with Crippen LogP contribution in [0.5, 0.6) is 5.75 Å². The first-order valence-electron chi connectivity index (χ1n) is 7.09. The summed E-state index contributed by atoms with van der Waals surface area (Å²) in [7, 11) is 1.60. The number of benzene rings is 2. The van der Waals surface area contributed by atoms with Crippen molar-refractivity contribution < 1.29 is 24.2 Å². The number of hydrogen-bond acceptors (Lipinski definition) is 6. The van der Waals surface area contributed by atoms with Gasteiger partial charge in [-0.15, -0.1) is 10.1 Å². The zero-order valence-electron chi connectivity index (χ0n) is 12.9. The van der Waals surface area contributed by atoms with E-state index in [0.717, 1.165) is 22.1 Å². The molecule has 0 N–H and O–H groups in total. The van der Waals surface area contributed by atoms with Gasteiger partial charge >= 0.3 is 5.97 Å². The number of methoxy groups -OCH3 is 1. The van der Waals surface area contributed by atoms with E-state index >= 15 is 0 Å². The maximum absolute atomic E-state index is 11.9. The molecule has 2 rings (SSSR count). The van der Waals surface area contributed by atoms with E-state index in [0.29, 0.717) is 0 Å². The second-order valence-corrected chi connectivity index (χ2v) is 4.88. The predicted octanol–water partition coefficient (Wildman–Crippen LogP) is 2.88. The third kappa shape index (κ3) is 4.57. The van der Waals surface area contributed by atoms with Gasteiger partial charge in [0.25, 0.3) is 5.09 Å². The van der Waals surface area contributed by atoms with Gasteiger partial charge in [-0.1, -0.05) is 31.2 Å². The Labute approximate surface area is 132 Å². The van der Waals surface area contributed by atoms with Gasteiger partial charge in [-0.05, 0) is 28.5 Å². The van der Waals surface area contributed by atoms with Crippen molar-refractivity contribution in [1.82, 2.24) is 0 Å². The van der Waals surface area contributed by atoms with E-state index < -0.39 is 17.3 Å². The second kappa shape index (κ2) is 7.44. The average molecular weight is 319 g/mol. The standard InChI is InChI=1S/C16H17NO6/c1-3-16(23-17(19)20)22-15(18)9-11-4-5-13-10-14(21-2)7-6-12(13)8-11/h4-8,10,16H,3,9H2,1-2H3. The van der Waals surface area contributed by atoms with Crippen LogP contribution in [-0.4, -0.2) is 24.5 Å². The Balaban J connectivity index is 2.06. The van der Waals surface area contributed by atoms with Crippen LogP contribution >= 0.6 is 0 Å². The molecule has 0 radical (unpaired) electrons. The van der Waals surface area contributed by atoms with Crippen molar-refractivity contribution in [1.29, 1.82) is 0 Å². The lowest BCUT2D eigenvalue weighted by atomic mass is 10.0. The molecular weight excluding hydrogens is 302 g/mol. The fourth-order valence-electron chi connectivity index (χ4n) is 2.14. The normalized spacial score (nSPS) is 11.7. The molecule has 0 saturated heterocycles. The van der Waals surface area contributed by atoms with Crippen LogP contribution in [0, 0.1) is 10.1 Å². The van der Waals surface area contributed by atoms with Crippen LogP contribution in [-0.2, 0) is 20.8 Å². The SMILES string of the molecule is CCC(OC(=O)Cc1ccc2cc(OC)ccc2c1)O[N+](=O)[O-]. The highest BCUT2D eigenvalue weighted by Crippen LogP contribution is 2.22. The summed E-state index contributed by atoms with van der Waals surface area (Å²) in [5.41, 5.74) is 0.753. The number of carbonyl (C=O) groups excluding carboxylic acids is 1. The Morgan fingerprint density at radius 2 is 1.91 bits per heavy atom. The van der Waals surface area contributed by atoms with E-state index in [1.54, 1.807) is 20.1 Å². The number of fused-ring (bicyclic) bond motifs is 1. The van der Waals surface area contributed by atoms with Crippen LogP contribution in [0.2, 0.25) is 0 Å². The molecule has 1 atom stereocenters. The van der Waals surface area contributed by atoms with Crippen molar-refractivity contribution in [2.24, 2.45) is 0 Å². The molecule has 0 amide bonds. The summed E-state index contributed by atoms with van der Waals surface area (Å²) < 4.78 is 10.1. The molecule has 0 fully saturated rings. The number of esters is 1. The van der Waals surface area contributed by atoms with Crippen LogP contribution in [0.3, 0.4) is 0 Å². The van der Waals surface area contributed by atoms with Crippen LogP contribution < -0.4 is 4.74 Å². The molecule has 0 aliphatic carbocycles. The predicted molar refractivity (Wildman–Crippen MR) is 82.5 cm³/mol. The first-order valence-corrected chi connectivity index (χ1v) is 7.09. The van der Waals surface area contributed by atoms with E-state index in [-0.39, 0.29) is 12.8 Å². The monoisotopic (exact) mass is 319 g/mol. The van der Waals surface area contributed by atoms with Crippen molar-refractivity contribution in [2.45, 2.75) is 26.1 Å². The third-order valence-corrected chi connectivity index (χ3v) is 3.26. The largest absolute Gasteiger partial charge is 0.497 e. The highest BCUT2D eigenvalue weighted by atomic mass is 17.0. The van der Waals surface area contributed by atoms with Crippen molar-refractivity contribution in [3.05, 3.63) is 52.1 Å². The molecule has 0 aromatic heterocycles. The fraction of sp³-hybridized carbons (Fsp3) is 0.312. The van der Waals surface area contributed by atoms with Gasteiger partial charge in [0.05, 0.1) is 13.5 Å². The molecule has 0 saturated carbocycles. The Morgan fingerprint density at radius 1 is 1.22 bits per heavy atom. The highest BCUT2D eigenvalue weighted by molar-refractivity contribution is 5.85. The maximum Gasteiger partial charge on any atom is 0.312 e. The first-order chi connectivity index (χ1) is 11.0. The summed E-state index contributed by atoms with van der Waals surface area (Å²) in [4.78, 5) is 26.4. The highest BCUT2D eigenvalue weighted by Gasteiger charge is 2.16. The van der Waals surface area contributed by atoms with Gasteiger partial charge in [0, 0.05) is 6.42 Å². The quantitative estimate of drug-likeness (QED) is 0.337. The molecule has 7 heteroatoms. The molecule has 1 unspecified atom stereocenters. The van der Waals surface area contributed by atoms with E-state index in [1.807, 2.05) is 30.3 Å². The number of ether oxygens (including phenoxy) is 2. The minimum absolute atomic E-state index is 0.0134. The smallest absolute Gasteiger partial charge is 0.312 e. The van der Waals surface area contributed by atoms with Crippen LogP contribution in [0.25, 0.3) is 10.8 Å². The summed E-state index contributed by atoms with van der Waals surface area (Å²) in [6.07, 6.45) is -0.966. The lowest BCUT2D eigenvalue weighted by molar-refractivity contribution is -0.779. The maximum atomic E-state index is 11.9. The van der Waals surface area contributed by atoms with Crippen molar-refractivity contribution >= 4 is 16.7 Å². The zero-order chi connectivity index (χ0) is 16.8. The summed E-state index contributed by atoms with van der Waals surface area (Å²) in [5, 5.41) is 11.3. The molecule has 2 aromatic carbocycles. The second-order valence-electron chi connectivity index (χ2n) is 4.88. The van der Waals surface area contributed by atoms with Gasteiger partial charge in [-0.2, -0.15) is 0 Å². The Morgan fingerprint density at radius 3 is 2.57 bits per heavy atom. The van der Waals surface area contributed by atoms with Crippen LogP contribution in [0.4, 0.5) is 0 Å². The lowest BCUT2D eigenvalue weighted by Gasteiger charge is -2.13. The molecule has 0 spiro atoms. The minimum atomic E-state index is -1.18. The molecule has 0 bridgehead atoms. The first kappa shape index (κ1) is 16.5. The fourth-order valence-corrected chi connectivity index (χ4v) is 2.14. The lowest BCUT2D eigenvalue weighted by Crippen LogP contribution is -2.24. The molecular formula is C16H17NO6. The summed E-state index contributed by atoms with van der Waals surface area (Å²) in [6, 6.07) is 11.2. The number of rotatable bonds is 7. The van der Waals surface area contributed by atoms with Gasteiger partial charge in [0.2, 0.25) is 6.29 Å². The van der Waals surface area contributed by atoms with Crippen molar-refractivity contribution in [2.75, 3.05) is 7.11 Å². The van der Waals surface area contributed by atoms with Gasteiger partial charge < -0.3 is 9.47 Å². The summed E-state index contributed by atoms with van der Waals surface area (Å²) in [5.74, 6) is 0.180. The van der Waals surface area contributed by atoms with Gasteiger partial charge in [0.1, 0.15) is 5.75 Å². The molecule has 0 aliphatic rings. The molecule has 0 aliphatic heterocycles. The number of nitrogens with zero attached hydrogens (tertiary/aromatic N) is 1. The van der Waals surface area contributed by atoms with E-state index in [2.05, 4.69) is 4.84 Å². The van der Waals surface area contributed by atoms with E-state index in [4.69, 9.17) is 9.47 Å². The van der Waals surface area contributed by atoms with Gasteiger partial charge in [-0.3, -0.25) is 9.63 Å². The van der Waals surface area contributed by atoms with Crippen LogP contribution in [0.1, 0.15) is 18.9 Å². The van der Waals surface area contributed by atoms with Gasteiger partial charge in [-0.25, -0.2) is 0 Å². The minimum Gasteiger partial charge on any atom is -0.497 e. The average Bonchev–Trinajstić information content (AvgIpc) is 2.53. The van der Waals surface area contributed by atoms with Crippen molar-refractivity contribution in [3.63, 3.8) is 0 Å². The van der Waals surface area contributed by atoms with E-state index in [1.165, 1.54) is 0 Å². The number of hydrogen-bond donors (Lipinski definition) is 0. The van der Waals surface area contributed by atoms with Crippen molar-refractivity contribution in [3.8, 4) is 5.75 Å².